The van der Waals surface area contributed by atoms with Crippen LogP contribution in [0.5, 0.6) is 0 Å². The van der Waals surface area contributed by atoms with Gasteiger partial charge in [0.2, 0.25) is 0 Å². The fourth-order valence-electron chi connectivity index (χ4n) is 3.01. The summed E-state index contributed by atoms with van der Waals surface area (Å²) in [7, 11) is 1.38. The maximum atomic E-state index is 12.4. The van der Waals surface area contributed by atoms with E-state index >= 15 is 0 Å². The number of allylic oxidation sites excluding steroid dienone is 6. The lowest BCUT2D eigenvalue weighted by Crippen LogP contribution is -2.15. The van der Waals surface area contributed by atoms with E-state index in [2.05, 4.69) is 4.74 Å². The number of carbonyl (C=O) groups is 3. The lowest BCUT2D eigenvalue weighted by atomic mass is 9.96. The molecule has 6 heteroatoms. The van der Waals surface area contributed by atoms with Gasteiger partial charge in [-0.05, 0) is 25.7 Å². The predicted octanol–water partition coefficient (Wildman–Crippen LogP) is 5.20. The van der Waals surface area contributed by atoms with Crippen molar-refractivity contribution in [2.24, 2.45) is 5.92 Å². The highest BCUT2D eigenvalue weighted by Crippen LogP contribution is 2.32. The molecule has 5 nitrogen and oxygen atoms in total. The van der Waals surface area contributed by atoms with Crippen molar-refractivity contribution < 1.29 is 23.9 Å². The molecule has 2 atom stereocenters. The van der Waals surface area contributed by atoms with Gasteiger partial charge in [0, 0.05) is 37.7 Å². The summed E-state index contributed by atoms with van der Waals surface area (Å²) in [5.41, 5.74) is 0.644. The van der Waals surface area contributed by atoms with Gasteiger partial charge in [-0.25, -0.2) is 0 Å². The first-order chi connectivity index (χ1) is 13.9. The van der Waals surface area contributed by atoms with E-state index in [0.29, 0.717) is 31.3 Å². The second-order valence-electron chi connectivity index (χ2n) is 6.87. The first-order valence-electron chi connectivity index (χ1n) is 10.0. The summed E-state index contributed by atoms with van der Waals surface area (Å²) in [6.45, 7) is 3.42. The Labute approximate surface area is 178 Å². The van der Waals surface area contributed by atoms with Gasteiger partial charge in [-0.1, -0.05) is 55.0 Å². The Kier molecular flexibility index (Phi) is 12.0. The number of carbonyl (C=O) groups excluding carboxylic acids is 3. The molecule has 0 aromatic heterocycles. The quantitative estimate of drug-likeness (QED) is 0.187. The molecule has 0 heterocycles. The Bertz CT molecular complexity index is 687. The average Bonchev–Trinajstić information content (AvgIpc) is 2.95. The summed E-state index contributed by atoms with van der Waals surface area (Å²) < 4.78 is 9.97. The van der Waals surface area contributed by atoms with E-state index < -0.39 is 0 Å². The van der Waals surface area contributed by atoms with Crippen molar-refractivity contribution in [3.63, 3.8) is 0 Å². The van der Waals surface area contributed by atoms with Crippen LogP contribution in [-0.4, -0.2) is 30.9 Å². The third kappa shape index (κ3) is 9.75. The smallest absolute Gasteiger partial charge is 0.305 e. The van der Waals surface area contributed by atoms with E-state index in [1.165, 1.54) is 14.0 Å². The number of ether oxygens (including phenoxy) is 2. The van der Waals surface area contributed by atoms with Crippen LogP contribution in [0, 0.1) is 5.92 Å². The number of ketones is 1. The second kappa shape index (κ2) is 13.9. The first-order valence-corrected chi connectivity index (χ1v) is 10.4. The van der Waals surface area contributed by atoms with Crippen LogP contribution >= 0.6 is 11.6 Å². The lowest BCUT2D eigenvalue weighted by Gasteiger charge is -2.15. The molecule has 1 aliphatic carbocycles. The molecule has 0 amide bonds. The minimum absolute atomic E-state index is 0.0870. The highest BCUT2D eigenvalue weighted by atomic mass is 35.5. The molecule has 0 fully saturated rings. The van der Waals surface area contributed by atoms with Crippen molar-refractivity contribution in [3.05, 3.63) is 47.1 Å². The molecular weight excluding hydrogens is 392 g/mol. The average molecular weight is 423 g/mol. The molecule has 0 radical (unpaired) electrons. The molecule has 0 aromatic carbocycles. The normalized spacial score (nSPS) is 19.2. The van der Waals surface area contributed by atoms with Crippen molar-refractivity contribution in [2.75, 3.05) is 7.11 Å². The van der Waals surface area contributed by atoms with Crippen LogP contribution < -0.4 is 0 Å². The molecule has 0 saturated carbocycles. The summed E-state index contributed by atoms with van der Waals surface area (Å²) in [6.07, 6.45) is 15.9. The number of methoxy groups -OCH3 is 1. The Balaban J connectivity index is 2.67. The molecule has 0 N–H and O–H groups in total. The number of esters is 2. The van der Waals surface area contributed by atoms with Crippen molar-refractivity contribution in [1.82, 2.24) is 0 Å². The van der Waals surface area contributed by atoms with Crippen molar-refractivity contribution in [2.45, 2.75) is 64.9 Å². The van der Waals surface area contributed by atoms with Crippen molar-refractivity contribution in [1.29, 1.82) is 0 Å². The second-order valence-corrected chi connectivity index (χ2v) is 7.27. The molecule has 0 saturated heterocycles. The van der Waals surface area contributed by atoms with E-state index in [0.717, 1.165) is 19.3 Å². The van der Waals surface area contributed by atoms with Crippen molar-refractivity contribution in [3.8, 4) is 0 Å². The van der Waals surface area contributed by atoms with Gasteiger partial charge in [0.05, 0.1) is 12.1 Å². The van der Waals surface area contributed by atoms with Crippen LogP contribution in [0.1, 0.15) is 58.8 Å². The number of hydrogen-bond acceptors (Lipinski definition) is 5. The molecule has 160 valence electrons. The van der Waals surface area contributed by atoms with Gasteiger partial charge in [0.15, 0.2) is 5.78 Å². The molecule has 0 unspecified atom stereocenters. The topological polar surface area (TPSA) is 69.7 Å². The van der Waals surface area contributed by atoms with Crippen LogP contribution in [-0.2, 0) is 23.9 Å². The zero-order chi connectivity index (χ0) is 21.6. The van der Waals surface area contributed by atoms with Gasteiger partial charge in [-0.15, -0.1) is 0 Å². The van der Waals surface area contributed by atoms with Crippen molar-refractivity contribution >= 4 is 29.3 Å². The Morgan fingerprint density at radius 1 is 1.21 bits per heavy atom. The lowest BCUT2D eigenvalue weighted by molar-refractivity contribution is -0.146. The van der Waals surface area contributed by atoms with Crippen LogP contribution in [0.25, 0.3) is 0 Å². The maximum Gasteiger partial charge on any atom is 0.305 e. The summed E-state index contributed by atoms with van der Waals surface area (Å²) in [4.78, 5) is 34.8. The summed E-state index contributed by atoms with van der Waals surface area (Å²) in [6, 6.07) is 0. The largest absolute Gasteiger partial charge is 0.469 e. The fraction of sp³-hybridized carbons (Fsp3) is 0.522. The Morgan fingerprint density at radius 2 is 1.97 bits per heavy atom. The highest BCUT2D eigenvalue weighted by molar-refractivity contribution is 6.46. The molecule has 29 heavy (non-hydrogen) atoms. The van der Waals surface area contributed by atoms with E-state index in [1.54, 1.807) is 6.08 Å². The van der Waals surface area contributed by atoms with E-state index in [-0.39, 0.29) is 34.8 Å². The zero-order valence-electron chi connectivity index (χ0n) is 17.5. The Morgan fingerprint density at radius 3 is 2.62 bits per heavy atom. The van der Waals surface area contributed by atoms with Crippen LogP contribution in [0.2, 0.25) is 0 Å². The zero-order valence-corrected chi connectivity index (χ0v) is 18.2. The number of unbranched alkanes of at least 4 members (excludes halogenated alkanes) is 1. The minimum Gasteiger partial charge on any atom is -0.469 e. The SMILES string of the molecule is CC/C=C\C[C@@H](C/C=C1/C(=O)C(Cl)=C[C@@H]1C/C=C\CCCC(=O)OC)OC(C)=O. The molecule has 0 aliphatic heterocycles. The van der Waals surface area contributed by atoms with Gasteiger partial charge in [-0.2, -0.15) is 0 Å². The van der Waals surface area contributed by atoms with Crippen LogP contribution in [0.15, 0.2) is 47.1 Å². The van der Waals surface area contributed by atoms with E-state index in [1.807, 2.05) is 37.3 Å². The predicted molar refractivity (Wildman–Crippen MR) is 114 cm³/mol. The number of Topliss-reactive ketones (excluding diaryl/α,β-unsaturated/α-hetero) is 1. The summed E-state index contributed by atoms with van der Waals surface area (Å²) in [5, 5.41) is 0.232. The third-order valence-electron chi connectivity index (χ3n) is 4.50. The molecule has 0 aromatic rings. The maximum absolute atomic E-state index is 12.4. The fourth-order valence-corrected chi connectivity index (χ4v) is 3.28. The van der Waals surface area contributed by atoms with E-state index in [9.17, 15) is 14.4 Å². The van der Waals surface area contributed by atoms with Crippen LogP contribution in [0.4, 0.5) is 0 Å². The number of halogens is 1. The minimum atomic E-state index is -0.335. The van der Waals surface area contributed by atoms with Gasteiger partial charge >= 0.3 is 11.9 Å². The van der Waals surface area contributed by atoms with Gasteiger partial charge in [0.25, 0.3) is 0 Å². The standard InChI is InChI=1S/C23H31ClO5/c1-4-5-8-12-19(29-17(2)25)14-15-20-18(16-21(24)23(20)27)11-9-6-7-10-13-22(26)28-3/h5-6,8-9,15-16,18-19H,4,7,10-14H2,1-3H3/b8-5-,9-6-,20-15+/t18-,19-/m0/s1. The highest BCUT2D eigenvalue weighted by Gasteiger charge is 2.28. The first kappa shape index (κ1) is 24.9. The summed E-state index contributed by atoms with van der Waals surface area (Å²) in [5.74, 6) is -0.799. The van der Waals surface area contributed by atoms with Gasteiger partial charge in [0.1, 0.15) is 6.10 Å². The third-order valence-corrected chi connectivity index (χ3v) is 4.79. The van der Waals surface area contributed by atoms with Gasteiger partial charge < -0.3 is 9.47 Å². The molecule has 1 aliphatic rings. The van der Waals surface area contributed by atoms with Crippen LogP contribution in [0.3, 0.4) is 0 Å². The summed E-state index contributed by atoms with van der Waals surface area (Å²) >= 11 is 6.07. The van der Waals surface area contributed by atoms with Gasteiger partial charge in [-0.3, -0.25) is 14.4 Å². The number of hydrogen-bond donors (Lipinski definition) is 0. The van der Waals surface area contributed by atoms with E-state index in [4.69, 9.17) is 16.3 Å². The monoisotopic (exact) mass is 422 g/mol. The molecule has 1 rings (SSSR count). The molecular formula is C23H31ClO5. The Hall–Kier alpha value is -2.14. The molecule has 0 spiro atoms. The number of rotatable bonds is 12. The molecule has 0 bridgehead atoms.